The number of aliphatic hydroxyl groups is 1. The van der Waals surface area contributed by atoms with Gasteiger partial charge in [-0.25, -0.2) is 0 Å². The highest BCUT2D eigenvalue weighted by molar-refractivity contribution is 4.91. The minimum atomic E-state index is -0.435. The van der Waals surface area contributed by atoms with Gasteiger partial charge in [0.25, 0.3) is 0 Å². The molecular weight excluding hydrogens is 226 g/mol. The van der Waals surface area contributed by atoms with E-state index in [0.29, 0.717) is 6.04 Å². The predicted octanol–water partition coefficient (Wildman–Crippen LogP) is 2.43. The van der Waals surface area contributed by atoms with E-state index >= 15 is 0 Å². The van der Waals surface area contributed by atoms with Crippen molar-refractivity contribution in [1.82, 2.24) is 4.90 Å². The van der Waals surface area contributed by atoms with E-state index in [1.165, 1.54) is 32.1 Å². The molecule has 0 aliphatic heterocycles. The van der Waals surface area contributed by atoms with Gasteiger partial charge >= 0.3 is 0 Å². The fourth-order valence-electron chi connectivity index (χ4n) is 3.26. The van der Waals surface area contributed by atoms with Crippen molar-refractivity contribution < 1.29 is 9.84 Å². The molecule has 0 bridgehead atoms. The Kier molecular flexibility index (Phi) is 5.05. The quantitative estimate of drug-likeness (QED) is 0.758. The third-order valence-electron chi connectivity index (χ3n) is 4.74. The van der Waals surface area contributed by atoms with Crippen LogP contribution in [0.4, 0.5) is 0 Å². The second-order valence-electron chi connectivity index (χ2n) is 6.33. The molecule has 2 aliphatic carbocycles. The maximum absolute atomic E-state index is 10.7. The van der Waals surface area contributed by atoms with Crippen LogP contribution in [0.3, 0.4) is 0 Å². The summed E-state index contributed by atoms with van der Waals surface area (Å²) in [7, 11) is 1.76. The molecule has 1 N–H and O–H groups in total. The first-order valence-corrected chi connectivity index (χ1v) is 7.60. The van der Waals surface area contributed by atoms with E-state index in [4.69, 9.17) is 4.74 Å². The lowest BCUT2D eigenvalue weighted by Gasteiger charge is -2.39. The van der Waals surface area contributed by atoms with E-state index in [1.54, 1.807) is 7.11 Å². The highest BCUT2D eigenvalue weighted by Gasteiger charge is 2.37. The van der Waals surface area contributed by atoms with Gasteiger partial charge < -0.3 is 9.84 Å². The number of nitrogens with zero attached hydrogens (tertiary/aromatic N) is 1. The van der Waals surface area contributed by atoms with Gasteiger partial charge in [-0.3, -0.25) is 4.90 Å². The van der Waals surface area contributed by atoms with Crippen LogP contribution in [0.15, 0.2) is 0 Å². The molecule has 0 radical (unpaired) electrons. The van der Waals surface area contributed by atoms with Crippen LogP contribution in [0.25, 0.3) is 0 Å². The lowest BCUT2D eigenvalue weighted by Crippen LogP contribution is -2.49. The minimum Gasteiger partial charge on any atom is -0.389 e. The SMILES string of the molecule is COCCN(CC1(O)CCCCC1)C(C)C1CC1. The van der Waals surface area contributed by atoms with Crippen LogP contribution >= 0.6 is 0 Å². The first-order valence-electron chi connectivity index (χ1n) is 7.60. The molecule has 0 aromatic heterocycles. The number of methoxy groups -OCH3 is 1. The maximum atomic E-state index is 10.7. The van der Waals surface area contributed by atoms with Crippen molar-refractivity contribution in [2.75, 3.05) is 26.8 Å². The van der Waals surface area contributed by atoms with E-state index in [2.05, 4.69) is 11.8 Å². The smallest absolute Gasteiger partial charge is 0.0774 e. The summed E-state index contributed by atoms with van der Waals surface area (Å²) in [5.41, 5.74) is -0.435. The van der Waals surface area contributed by atoms with Crippen LogP contribution in [0.1, 0.15) is 51.9 Å². The molecule has 0 heterocycles. The molecule has 3 nitrogen and oxygen atoms in total. The molecule has 3 heteroatoms. The molecule has 0 aromatic carbocycles. The Morgan fingerprint density at radius 2 is 1.94 bits per heavy atom. The van der Waals surface area contributed by atoms with Crippen molar-refractivity contribution in [3.63, 3.8) is 0 Å². The van der Waals surface area contributed by atoms with Gasteiger partial charge in [-0.2, -0.15) is 0 Å². The van der Waals surface area contributed by atoms with Crippen LogP contribution in [-0.4, -0.2) is 48.5 Å². The topological polar surface area (TPSA) is 32.7 Å². The van der Waals surface area contributed by atoms with Gasteiger partial charge in [0, 0.05) is 26.2 Å². The molecule has 1 unspecified atom stereocenters. The molecule has 0 aromatic rings. The number of rotatable bonds is 7. The molecule has 2 saturated carbocycles. The first kappa shape index (κ1) is 14.3. The summed E-state index contributed by atoms with van der Waals surface area (Å²) in [6.07, 6.45) is 8.35. The Bertz CT molecular complexity index is 247. The van der Waals surface area contributed by atoms with Crippen molar-refractivity contribution >= 4 is 0 Å². The second kappa shape index (κ2) is 6.36. The van der Waals surface area contributed by atoms with Crippen molar-refractivity contribution in [1.29, 1.82) is 0 Å². The monoisotopic (exact) mass is 255 g/mol. The van der Waals surface area contributed by atoms with Gasteiger partial charge in [0.05, 0.1) is 12.2 Å². The highest BCUT2D eigenvalue weighted by atomic mass is 16.5. The second-order valence-corrected chi connectivity index (χ2v) is 6.33. The zero-order valence-corrected chi connectivity index (χ0v) is 12.0. The third-order valence-corrected chi connectivity index (χ3v) is 4.74. The zero-order chi connectivity index (χ0) is 13.0. The van der Waals surface area contributed by atoms with Crippen molar-refractivity contribution in [2.24, 2.45) is 5.92 Å². The van der Waals surface area contributed by atoms with E-state index < -0.39 is 5.60 Å². The fraction of sp³-hybridized carbons (Fsp3) is 1.00. The lowest BCUT2D eigenvalue weighted by atomic mass is 9.84. The van der Waals surface area contributed by atoms with Crippen molar-refractivity contribution in [3.8, 4) is 0 Å². The Morgan fingerprint density at radius 1 is 1.28 bits per heavy atom. The van der Waals surface area contributed by atoms with Crippen LogP contribution in [-0.2, 0) is 4.74 Å². The van der Waals surface area contributed by atoms with Gasteiger partial charge in [-0.15, -0.1) is 0 Å². The summed E-state index contributed by atoms with van der Waals surface area (Å²) in [6.45, 7) is 4.89. The molecule has 0 spiro atoms. The average molecular weight is 255 g/mol. The van der Waals surface area contributed by atoms with Crippen LogP contribution in [0.5, 0.6) is 0 Å². The van der Waals surface area contributed by atoms with E-state index in [1.807, 2.05) is 0 Å². The molecule has 2 rings (SSSR count). The largest absolute Gasteiger partial charge is 0.389 e. The first-order chi connectivity index (χ1) is 8.64. The summed E-state index contributed by atoms with van der Waals surface area (Å²) in [5.74, 6) is 0.856. The van der Waals surface area contributed by atoms with Gasteiger partial charge in [0.15, 0.2) is 0 Å². The Morgan fingerprint density at radius 3 is 2.50 bits per heavy atom. The molecule has 2 aliphatic rings. The zero-order valence-electron chi connectivity index (χ0n) is 12.0. The van der Waals surface area contributed by atoms with E-state index in [9.17, 15) is 5.11 Å². The van der Waals surface area contributed by atoms with Gasteiger partial charge in [0.2, 0.25) is 0 Å². The Hall–Kier alpha value is -0.120. The van der Waals surface area contributed by atoms with Crippen molar-refractivity contribution in [2.45, 2.75) is 63.5 Å². The fourth-order valence-corrected chi connectivity index (χ4v) is 3.26. The normalized spacial score (nSPS) is 25.3. The van der Waals surface area contributed by atoms with Crippen LogP contribution in [0.2, 0.25) is 0 Å². The molecule has 18 heavy (non-hydrogen) atoms. The van der Waals surface area contributed by atoms with Crippen LogP contribution in [0, 0.1) is 5.92 Å². The van der Waals surface area contributed by atoms with E-state index in [0.717, 1.165) is 38.5 Å². The molecule has 0 saturated heterocycles. The maximum Gasteiger partial charge on any atom is 0.0774 e. The Balaban J connectivity index is 1.89. The summed E-state index contributed by atoms with van der Waals surface area (Å²) in [5, 5.41) is 10.7. The minimum absolute atomic E-state index is 0.435. The molecule has 0 amide bonds. The third kappa shape index (κ3) is 3.94. The van der Waals surface area contributed by atoms with E-state index in [-0.39, 0.29) is 0 Å². The predicted molar refractivity (Wildman–Crippen MR) is 73.7 cm³/mol. The summed E-state index contributed by atoms with van der Waals surface area (Å²) in [6, 6.07) is 0.603. The highest BCUT2D eigenvalue weighted by Crippen LogP contribution is 2.37. The molecule has 2 fully saturated rings. The van der Waals surface area contributed by atoms with Crippen molar-refractivity contribution in [3.05, 3.63) is 0 Å². The Labute approximate surface area is 112 Å². The number of hydrogen-bond donors (Lipinski definition) is 1. The molecule has 106 valence electrons. The summed E-state index contributed by atoms with van der Waals surface area (Å²) < 4.78 is 5.22. The average Bonchev–Trinajstić information content (AvgIpc) is 3.18. The lowest BCUT2D eigenvalue weighted by molar-refractivity contribution is -0.0408. The standard InChI is InChI=1S/C15H29NO2/c1-13(14-6-7-14)16(10-11-18-2)12-15(17)8-4-3-5-9-15/h13-14,17H,3-12H2,1-2H3. The molecular formula is C15H29NO2. The van der Waals surface area contributed by atoms with Gasteiger partial charge in [-0.1, -0.05) is 19.3 Å². The van der Waals surface area contributed by atoms with Gasteiger partial charge in [0.1, 0.15) is 0 Å². The summed E-state index contributed by atoms with van der Waals surface area (Å²) >= 11 is 0. The molecule has 1 atom stereocenters. The van der Waals surface area contributed by atoms with Gasteiger partial charge in [-0.05, 0) is 38.5 Å². The van der Waals surface area contributed by atoms with Crippen LogP contribution < -0.4 is 0 Å². The number of ether oxygens (including phenoxy) is 1. The number of hydrogen-bond acceptors (Lipinski definition) is 3. The summed E-state index contributed by atoms with van der Waals surface area (Å²) in [4.78, 5) is 2.46.